The summed E-state index contributed by atoms with van der Waals surface area (Å²) in [6, 6.07) is 11.4. The van der Waals surface area contributed by atoms with Crippen molar-refractivity contribution in [1.82, 2.24) is 19.8 Å². The average Bonchev–Trinajstić information content (AvgIpc) is 2.93. The van der Waals surface area contributed by atoms with Gasteiger partial charge in [0.15, 0.2) is 0 Å². The predicted octanol–water partition coefficient (Wildman–Crippen LogP) is 4.23. The highest BCUT2D eigenvalue weighted by Gasteiger charge is 2.31. The van der Waals surface area contributed by atoms with Crippen molar-refractivity contribution in [2.75, 3.05) is 38.0 Å². The Hall–Kier alpha value is -2.51. The topological polar surface area (TPSA) is 81.6 Å². The quantitative estimate of drug-likeness (QED) is 0.629. The highest BCUT2D eigenvalue weighted by atomic mass is 16.3. The number of anilines is 1. The summed E-state index contributed by atoms with van der Waals surface area (Å²) in [5, 5.41) is 13.3. The van der Waals surface area contributed by atoms with Crippen molar-refractivity contribution in [3.63, 3.8) is 0 Å². The van der Waals surface area contributed by atoms with Crippen LogP contribution in [0.15, 0.2) is 36.7 Å². The number of aromatic nitrogens is 2. The van der Waals surface area contributed by atoms with E-state index in [2.05, 4.69) is 50.5 Å². The van der Waals surface area contributed by atoms with E-state index in [9.17, 15) is 9.90 Å². The molecule has 7 heteroatoms. The van der Waals surface area contributed by atoms with Crippen LogP contribution in [0.2, 0.25) is 0 Å². The third-order valence-corrected chi connectivity index (χ3v) is 8.73. The Bertz CT molecular complexity index is 992. The number of carbonyl (C=O) groups is 1. The van der Waals surface area contributed by atoms with Crippen molar-refractivity contribution in [2.45, 2.75) is 76.4 Å². The van der Waals surface area contributed by atoms with Crippen LogP contribution in [0, 0.1) is 12.8 Å². The molecule has 2 N–H and O–H groups in total. The van der Waals surface area contributed by atoms with Crippen LogP contribution >= 0.6 is 0 Å². The molecule has 1 saturated carbocycles. The second-order valence-electron chi connectivity index (χ2n) is 11.0. The Morgan fingerprint density at radius 2 is 1.64 bits per heavy atom. The first-order valence-corrected chi connectivity index (χ1v) is 13.9. The number of aliphatic hydroxyl groups excluding tert-OH is 1. The number of nitrogens with zero attached hydrogens (tertiary/aromatic N) is 4. The number of hydrogen-bond donors (Lipinski definition) is 2. The van der Waals surface area contributed by atoms with Crippen LogP contribution in [-0.2, 0) is 0 Å². The molecule has 0 spiro atoms. The van der Waals surface area contributed by atoms with Crippen LogP contribution < -0.4 is 5.32 Å². The van der Waals surface area contributed by atoms with E-state index in [1.165, 1.54) is 37.6 Å². The number of piperidine rings is 2. The van der Waals surface area contributed by atoms with Crippen molar-refractivity contribution < 1.29 is 9.90 Å². The molecule has 3 fully saturated rings. The van der Waals surface area contributed by atoms with E-state index in [0.29, 0.717) is 23.6 Å². The Morgan fingerprint density at radius 1 is 0.944 bits per heavy atom. The lowest BCUT2D eigenvalue weighted by atomic mass is 9.79. The van der Waals surface area contributed by atoms with Gasteiger partial charge in [0.1, 0.15) is 17.8 Å². The smallest absolute Gasteiger partial charge is 0.272 e. The zero-order valence-electron chi connectivity index (χ0n) is 21.6. The summed E-state index contributed by atoms with van der Waals surface area (Å²) < 4.78 is 0. The lowest BCUT2D eigenvalue weighted by Crippen LogP contribution is -2.49. The van der Waals surface area contributed by atoms with Gasteiger partial charge in [-0.25, -0.2) is 9.97 Å². The molecule has 5 rings (SSSR count). The van der Waals surface area contributed by atoms with Gasteiger partial charge >= 0.3 is 0 Å². The van der Waals surface area contributed by atoms with Gasteiger partial charge in [-0.05, 0) is 75.7 Å². The van der Waals surface area contributed by atoms with Crippen LogP contribution in [0.5, 0.6) is 0 Å². The third-order valence-electron chi connectivity index (χ3n) is 8.73. The van der Waals surface area contributed by atoms with Crippen molar-refractivity contribution >= 4 is 11.7 Å². The molecule has 2 aromatic rings. The maximum atomic E-state index is 13.3. The molecular formula is C29H41N5O2. The van der Waals surface area contributed by atoms with Crippen molar-refractivity contribution in [2.24, 2.45) is 5.92 Å². The first-order chi connectivity index (χ1) is 17.6. The minimum absolute atomic E-state index is 0.0221. The highest BCUT2D eigenvalue weighted by Crippen LogP contribution is 2.35. The van der Waals surface area contributed by atoms with Crippen LogP contribution in [0.1, 0.15) is 78.9 Å². The second-order valence-corrected chi connectivity index (χ2v) is 11.0. The minimum atomic E-state index is -0.143. The van der Waals surface area contributed by atoms with Gasteiger partial charge in [0.25, 0.3) is 5.91 Å². The normalized spacial score (nSPS) is 24.6. The zero-order valence-corrected chi connectivity index (χ0v) is 21.6. The molecule has 2 saturated heterocycles. The molecule has 2 aliphatic heterocycles. The average molecular weight is 492 g/mol. The number of carbonyl (C=O) groups excluding carboxylic acids is 1. The van der Waals surface area contributed by atoms with Crippen molar-refractivity contribution in [3.05, 3.63) is 53.5 Å². The molecule has 1 aliphatic carbocycles. The van der Waals surface area contributed by atoms with Gasteiger partial charge in [0, 0.05) is 44.3 Å². The van der Waals surface area contributed by atoms with E-state index in [1.54, 1.807) is 0 Å². The van der Waals surface area contributed by atoms with Crippen LogP contribution in [0.4, 0.5) is 5.82 Å². The number of hydrogen-bond acceptors (Lipinski definition) is 6. The van der Waals surface area contributed by atoms with Crippen LogP contribution in [-0.4, -0.2) is 75.7 Å². The summed E-state index contributed by atoms with van der Waals surface area (Å²) in [6.45, 7) is 6.32. The Balaban J connectivity index is 1.11. The van der Waals surface area contributed by atoms with Gasteiger partial charge in [-0.15, -0.1) is 0 Å². The molecule has 1 aromatic heterocycles. The van der Waals surface area contributed by atoms with Gasteiger partial charge < -0.3 is 20.2 Å². The molecule has 0 radical (unpaired) electrons. The van der Waals surface area contributed by atoms with Gasteiger partial charge in [-0.2, -0.15) is 0 Å². The molecule has 194 valence electrons. The molecule has 36 heavy (non-hydrogen) atoms. The maximum Gasteiger partial charge on any atom is 0.272 e. The van der Waals surface area contributed by atoms with E-state index in [4.69, 9.17) is 0 Å². The summed E-state index contributed by atoms with van der Waals surface area (Å²) in [4.78, 5) is 26.7. The van der Waals surface area contributed by atoms with Gasteiger partial charge in [-0.3, -0.25) is 4.79 Å². The van der Waals surface area contributed by atoms with Gasteiger partial charge in [0.05, 0.1) is 6.10 Å². The van der Waals surface area contributed by atoms with E-state index in [0.717, 1.165) is 69.8 Å². The third kappa shape index (κ3) is 5.89. The fourth-order valence-corrected chi connectivity index (χ4v) is 6.34. The number of nitrogens with one attached hydrogen (secondary N) is 1. The Morgan fingerprint density at radius 3 is 2.33 bits per heavy atom. The lowest BCUT2D eigenvalue weighted by molar-refractivity contribution is 0.0355. The minimum Gasteiger partial charge on any atom is -0.393 e. The van der Waals surface area contributed by atoms with E-state index in [-0.39, 0.29) is 12.0 Å². The lowest BCUT2D eigenvalue weighted by Gasteiger charge is -2.41. The van der Waals surface area contributed by atoms with E-state index < -0.39 is 0 Å². The fraction of sp³-hybridized carbons (Fsp3) is 0.621. The highest BCUT2D eigenvalue weighted by molar-refractivity contribution is 5.94. The number of rotatable bonds is 6. The number of aliphatic hydroxyl groups is 1. The summed E-state index contributed by atoms with van der Waals surface area (Å²) in [5.74, 6) is 2.13. The second kappa shape index (κ2) is 11.7. The Labute approximate surface area is 215 Å². The molecule has 1 amide bonds. The molecular weight excluding hydrogens is 450 g/mol. The molecule has 0 unspecified atom stereocenters. The fourth-order valence-electron chi connectivity index (χ4n) is 6.34. The van der Waals surface area contributed by atoms with E-state index in [1.807, 2.05) is 11.8 Å². The standard InChI is InChI=1S/C29H41N5O2/c1-21-27(29(36)34-15-11-25(12-16-34)33-17-13-26(35)14-18-33)31-20-32-28(21)30-19-22-7-9-24(10-8-22)23-5-3-2-4-6-23/h2-6,20,22,24-26,35H,7-19H2,1H3,(H,30,31,32). The predicted molar refractivity (Wildman–Crippen MR) is 142 cm³/mol. The molecule has 3 aliphatic rings. The zero-order chi connectivity index (χ0) is 24.9. The van der Waals surface area contributed by atoms with E-state index >= 15 is 0 Å². The summed E-state index contributed by atoms with van der Waals surface area (Å²) in [6.07, 6.45) is 9.99. The number of likely N-dealkylation sites (tertiary alicyclic amines) is 2. The summed E-state index contributed by atoms with van der Waals surface area (Å²) in [5.41, 5.74) is 2.85. The molecule has 0 atom stereocenters. The number of benzene rings is 1. The SMILES string of the molecule is Cc1c(NCC2CCC(c3ccccc3)CC2)ncnc1C(=O)N1CCC(N2CCC(O)CC2)CC1. The molecule has 1 aromatic carbocycles. The Kier molecular flexibility index (Phi) is 8.17. The van der Waals surface area contributed by atoms with Crippen molar-refractivity contribution in [1.29, 1.82) is 0 Å². The summed E-state index contributed by atoms with van der Waals surface area (Å²) in [7, 11) is 0. The first kappa shape index (κ1) is 25.2. The molecule has 0 bridgehead atoms. The largest absolute Gasteiger partial charge is 0.393 e. The monoisotopic (exact) mass is 491 g/mol. The maximum absolute atomic E-state index is 13.3. The van der Waals surface area contributed by atoms with Crippen molar-refractivity contribution in [3.8, 4) is 0 Å². The number of amides is 1. The molecule has 7 nitrogen and oxygen atoms in total. The first-order valence-electron chi connectivity index (χ1n) is 13.9. The van der Waals surface area contributed by atoms with Crippen LogP contribution in [0.3, 0.4) is 0 Å². The summed E-state index contributed by atoms with van der Waals surface area (Å²) >= 11 is 0. The van der Waals surface area contributed by atoms with Gasteiger partial charge in [-0.1, -0.05) is 30.3 Å². The van der Waals surface area contributed by atoms with Gasteiger partial charge in [0.2, 0.25) is 0 Å². The molecule has 3 heterocycles. The van der Waals surface area contributed by atoms with Crippen LogP contribution in [0.25, 0.3) is 0 Å².